The molecule has 1 aromatic heterocycles. The van der Waals surface area contributed by atoms with Crippen molar-refractivity contribution in [3.05, 3.63) is 65.7 Å². The molecule has 1 heterocycles. The lowest BCUT2D eigenvalue weighted by molar-refractivity contribution is -0.115. The fourth-order valence-electron chi connectivity index (χ4n) is 2.75. The molecule has 2 N–H and O–H groups in total. The highest BCUT2D eigenvalue weighted by Crippen LogP contribution is 2.27. The number of halogens is 1. The Morgan fingerprint density at radius 1 is 1.16 bits per heavy atom. The van der Waals surface area contributed by atoms with Crippen LogP contribution in [0.4, 0.5) is 10.1 Å². The van der Waals surface area contributed by atoms with Gasteiger partial charge in [-0.2, -0.15) is 0 Å². The van der Waals surface area contributed by atoms with Crippen LogP contribution in [-0.4, -0.2) is 37.0 Å². The van der Waals surface area contributed by atoms with Crippen molar-refractivity contribution in [3.63, 3.8) is 0 Å². The largest absolute Gasteiger partial charge is 0.480 e. The van der Waals surface area contributed by atoms with E-state index in [1.165, 1.54) is 36.0 Å². The summed E-state index contributed by atoms with van der Waals surface area (Å²) in [6.07, 6.45) is -0.563. The molecule has 31 heavy (non-hydrogen) atoms. The first-order chi connectivity index (χ1) is 14.8. The van der Waals surface area contributed by atoms with Gasteiger partial charge in [-0.1, -0.05) is 30.0 Å². The number of carbonyl (C=O) groups is 2. The molecule has 2 atom stereocenters. The van der Waals surface area contributed by atoms with E-state index < -0.39 is 23.1 Å². The summed E-state index contributed by atoms with van der Waals surface area (Å²) in [5.41, 5.74) is 0.475. The van der Waals surface area contributed by atoms with E-state index in [2.05, 4.69) is 15.5 Å². The molecule has 0 spiro atoms. The molecule has 3 aromatic rings. The maximum absolute atomic E-state index is 13.8. The molecule has 0 saturated carbocycles. The Labute approximate surface area is 182 Å². The van der Waals surface area contributed by atoms with Gasteiger partial charge in [-0.3, -0.25) is 4.79 Å². The Balaban J connectivity index is 1.65. The van der Waals surface area contributed by atoms with Crippen molar-refractivity contribution in [1.29, 1.82) is 0 Å². The number of carboxylic acid groups (broad SMARTS) is 1. The van der Waals surface area contributed by atoms with Gasteiger partial charge in [-0.15, -0.1) is 10.2 Å². The smallest absolute Gasteiger partial charge is 0.335 e. The monoisotopic (exact) mass is 444 g/mol. The molecule has 10 heteroatoms. The van der Waals surface area contributed by atoms with E-state index in [1.807, 2.05) is 0 Å². The number of anilines is 1. The predicted molar refractivity (Wildman–Crippen MR) is 114 cm³/mol. The number of aromatic nitrogens is 3. The van der Waals surface area contributed by atoms with E-state index in [0.29, 0.717) is 16.7 Å². The molecule has 0 aliphatic heterocycles. The van der Waals surface area contributed by atoms with Crippen LogP contribution in [0.15, 0.2) is 53.7 Å². The SMILES string of the molecule is CC(Sc1nnc(C(C)Oc2ccccc2F)n1C)C(=O)Nc1cccc(C(=O)O)c1. The van der Waals surface area contributed by atoms with E-state index in [4.69, 9.17) is 9.84 Å². The molecular formula is C21H21FN4O4S. The predicted octanol–water partition coefficient (Wildman–Crippen LogP) is 3.91. The first kappa shape index (κ1) is 22.3. The maximum Gasteiger partial charge on any atom is 0.335 e. The number of ether oxygens (including phenoxy) is 1. The summed E-state index contributed by atoms with van der Waals surface area (Å²) >= 11 is 1.19. The van der Waals surface area contributed by atoms with Gasteiger partial charge in [0, 0.05) is 12.7 Å². The second kappa shape index (κ2) is 9.61. The quantitative estimate of drug-likeness (QED) is 0.507. The zero-order chi connectivity index (χ0) is 22.5. The van der Waals surface area contributed by atoms with Crippen molar-refractivity contribution in [2.24, 2.45) is 7.05 Å². The van der Waals surface area contributed by atoms with Gasteiger partial charge in [-0.05, 0) is 44.2 Å². The van der Waals surface area contributed by atoms with Gasteiger partial charge in [0.2, 0.25) is 5.91 Å². The summed E-state index contributed by atoms with van der Waals surface area (Å²) in [5.74, 6) is -1.26. The van der Waals surface area contributed by atoms with E-state index >= 15 is 0 Å². The van der Waals surface area contributed by atoms with Crippen molar-refractivity contribution in [2.75, 3.05) is 5.32 Å². The minimum absolute atomic E-state index is 0.0832. The van der Waals surface area contributed by atoms with E-state index in [-0.39, 0.29) is 17.2 Å². The molecule has 0 radical (unpaired) electrons. The van der Waals surface area contributed by atoms with Crippen LogP contribution in [-0.2, 0) is 11.8 Å². The van der Waals surface area contributed by atoms with Crippen LogP contribution in [0.3, 0.4) is 0 Å². The fraction of sp³-hybridized carbons (Fsp3) is 0.238. The summed E-state index contributed by atoms with van der Waals surface area (Å²) < 4.78 is 21.2. The zero-order valence-corrected chi connectivity index (χ0v) is 17.9. The molecule has 0 fully saturated rings. The second-order valence-electron chi connectivity index (χ2n) is 6.73. The van der Waals surface area contributed by atoms with Crippen LogP contribution in [0, 0.1) is 5.82 Å². The van der Waals surface area contributed by atoms with Gasteiger partial charge in [0.15, 0.2) is 28.7 Å². The third kappa shape index (κ3) is 5.40. The molecule has 8 nitrogen and oxygen atoms in total. The number of para-hydroxylation sites is 1. The van der Waals surface area contributed by atoms with Crippen LogP contribution in [0.2, 0.25) is 0 Å². The van der Waals surface area contributed by atoms with E-state index in [9.17, 15) is 14.0 Å². The van der Waals surface area contributed by atoms with Crippen molar-refractivity contribution in [1.82, 2.24) is 14.8 Å². The normalized spacial score (nSPS) is 12.8. The third-order valence-electron chi connectivity index (χ3n) is 4.40. The number of amides is 1. The minimum Gasteiger partial charge on any atom is -0.480 e. The molecule has 1 amide bonds. The van der Waals surface area contributed by atoms with E-state index in [1.54, 1.807) is 49.7 Å². The van der Waals surface area contributed by atoms with Gasteiger partial charge in [0.1, 0.15) is 0 Å². The number of carboxylic acids is 1. The maximum atomic E-state index is 13.8. The first-order valence-electron chi connectivity index (χ1n) is 9.37. The van der Waals surface area contributed by atoms with Gasteiger partial charge in [0.05, 0.1) is 10.8 Å². The topological polar surface area (TPSA) is 106 Å². The van der Waals surface area contributed by atoms with Crippen LogP contribution in [0.25, 0.3) is 0 Å². The van der Waals surface area contributed by atoms with Crippen LogP contribution >= 0.6 is 11.8 Å². The Kier molecular flexibility index (Phi) is 6.91. The second-order valence-corrected chi connectivity index (χ2v) is 8.03. The van der Waals surface area contributed by atoms with Gasteiger partial charge in [-0.25, -0.2) is 9.18 Å². The molecule has 3 rings (SSSR count). The Bertz CT molecular complexity index is 1100. The highest BCUT2D eigenvalue weighted by molar-refractivity contribution is 8.00. The zero-order valence-electron chi connectivity index (χ0n) is 17.1. The number of carbonyl (C=O) groups excluding carboxylic acids is 1. The number of benzene rings is 2. The molecule has 2 unspecified atom stereocenters. The fourth-order valence-corrected chi connectivity index (χ4v) is 3.57. The Hall–Kier alpha value is -3.40. The highest BCUT2D eigenvalue weighted by atomic mass is 32.2. The number of nitrogens with one attached hydrogen (secondary N) is 1. The lowest BCUT2D eigenvalue weighted by atomic mass is 10.2. The molecular weight excluding hydrogens is 423 g/mol. The summed E-state index contributed by atoms with van der Waals surface area (Å²) in [6.45, 7) is 3.44. The first-order valence-corrected chi connectivity index (χ1v) is 10.3. The van der Waals surface area contributed by atoms with Crippen molar-refractivity contribution in [3.8, 4) is 5.75 Å². The summed E-state index contributed by atoms with van der Waals surface area (Å²) in [5, 5.41) is 19.9. The lowest BCUT2D eigenvalue weighted by Crippen LogP contribution is -2.23. The number of hydrogen-bond donors (Lipinski definition) is 2. The van der Waals surface area contributed by atoms with Crippen LogP contribution in [0.1, 0.15) is 36.1 Å². The number of nitrogens with zero attached hydrogens (tertiary/aromatic N) is 3. The number of hydrogen-bond acceptors (Lipinski definition) is 6. The summed E-state index contributed by atoms with van der Waals surface area (Å²) in [6, 6.07) is 12.1. The summed E-state index contributed by atoms with van der Waals surface area (Å²) in [4.78, 5) is 23.6. The molecule has 0 aliphatic rings. The van der Waals surface area contributed by atoms with Gasteiger partial charge < -0.3 is 19.7 Å². The van der Waals surface area contributed by atoms with Crippen molar-refractivity contribution >= 4 is 29.3 Å². The molecule has 162 valence electrons. The van der Waals surface area contributed by atoms with Crippen molar-refractivity contribution < 1.29 is 23.8 Å². The third-order valence-corrected chi connectivity index (χ3v) is 5.54. The number of thioether (sulfide) groups is 1. The number of aromatic carboxylic acids is 1. The standard InChI is InChI=1S/C21H21FN4O4S/c1-12(30-17-10-5-4-9-16(17)22)18-24-25-21(26(18)3)31-13(2)19(27)23-15-8-6-7-14(11-15)20(28)29/h4-13H,1-3H3,(H,23,27)(H,28,29). The van der Waals surface area contributed by atoms with E-state index in [0.717, 1.165) is 0 Å². The van der Waals surface area contributed by atoms with Crippen molar-refractivity contribution in [2.45, 2.75) is 30.4 Å². The molecule has 0 aliphatic carbocycles. The summed E-state index contributed by atoms with van der Waals surface area (Å²) in [7, 11) is 1.74. The van der Waals surface area contributed by atoms with Crippen LogP contribution < -0.4 is 10.1 Å². The van der Waals surface area contributed by atoms with Gasteiger partial charge >= 0.3 is 5.97 Å². The minimum atomic E-state index is -1.07. The average molecular weight is 444 g/mol. The Morgan fingerprint density at radius 2 is 1.90 bits per heavy atom. The molecule has 0 bridgehead atoms. The number of rotatable bonds is 8. The highest BCUT2D eigenvalue weighted by Gasteiger charge is 2.22. The Morgan fingerprint density at radius 3 is 2.61 bits per heavy atom. The van der Waals surface area contributed by atoms with Crippen LogP contribution in [0.5, 0.6) is 5.75 Å². The molecule has 0 saturated heterocycles. The molecule has 2 aromatic carbocycles. The van der Waals surface area contributed by atoms with Gasteiger partial charge in [0.25, 0.3) is 0 Å². The lowest BCUT2D eigenvalue weighted by Gasteiger charge is -2.15. The average Bonchev–Trinajstić information content (AvgIpc) is 3.10.